The van der Waals surface area contributed by atoms with Gasteiger partial charge in [-0.05, 0) is 52.9 Å². The summed E-state index contributed by atoms with van der Waals surface area (Å²) in [5, 5.41) is 9.85. The first-order valence-corrected chi connectivity index (χ1v) is 7.02. The van der Waals surface area contributed by atoms with Gasteiger partial charge in [-0.2, -0.15) is 0 Å². The van der Waals surface area contributed by atoms with Gasteiger partial charge in [0.05, 0.1) is 11.7 Å². The van der Waals surface area contributed by atoms with Crippen LogP contribution >= 0.6 is 15.9 Å². The highest BCUT2D eigenvalue weighted by Gasteiger charge is 2.28. The van der Waals surface area contributed by atoms with Crippen LogP contribution in [0.25, 0.3) is 0 Å². The number of aliphatic hydroxyl groups excluding tert-OH is 1. The number of nitrogens with zero attached hydrogens (tertiary/aromatic N) is 1. The van der Waals surface area contributed by atoms with Crippen molar-refractivity contribution in [2.24, 2.45) is 5.92 Å². The van der Waals surface area contributed by atoms with Crippen LogP contribution < -0.4 is 0 Å². The number of carbonyl (C=O) groups excluding carboxylic acids is 1. The van der Waals surface area contributed by atoms with Gasteiger partial charge in [-0.3, -0.25) is 4.79 Å². The highest BCUT2D eigenvalue weighted by molar-refractivity contribution is 9.10. The maximum atomic E-state index is 12.4. The summed E-state index contributed by atoms with van der Waals surface area (Å²) in [5.41, 5.74) is 1.79. The number of carbonyl (C=O) groups is 1. The van der Waals surface area contributed by atoms with E-state index in [1.165, 1.54) is 0 Å². The Morgan fingerprint density at radius 3 is 2.83 bits per heavy atom. The molecule has 1 saturated heterocycles. The Labute approximate surface area is 116 Å². The minimum absolute atomic E-state index is 0.00664. The van der Waals surface area contributed by atoms with E-state index < -0.39 is 6.10 Å². The second-order valence-corrected chi connectivity index (χ2v) is 5.92. The second-order valence-electron chi connectivity index (χ2n) is 5.07. The Balaban J connectivity index is 2.16. The standard InChI is InChI=1S/C14H18BrNO2/c1-9-3-4-11(12(15)7-9)14(18)16-6-5-10(2)13(17)8-16/h3-4,7,10,13,17H,5-6,8H2,1-2H3. The SMILES string of the molecule is Cc1ccc(C(=O)N2CCC(C)C(O)C2)c(Br)c1. The van der Waals surface area contributed by atoms with Crippen LogP contribution in [0, 0.1) is 12.8 Å². The number of piperidine rings is 1. The monoisotopic (exact) mass is 311 g/mol. The number of aliphatic hydroxyl groups is 1. The van der Waals surface area contributed by atoms with Crippen LogP contribution in [0.4, 0.5) is 0 Å². The fourth-order valence-corrected chi connectivity index (χ4v) is 2.86. The molecule has 3 nitrogen and oxygen atoms in total. The predicted molar refractivity (Wildman–Crippen MR) is 74.6 cm³/mol. The molecule has 18 heavy (non-hydrogen) atoms. The number of amides is 1. The number of hydrogen-bond acceptors (Lipinski definition) is 2. The third-order valence-corrected chi connectivity index (χ3v) is 4.22. The lowest BCUT2D eigenvalue weighted by Crippen LogP contribution is -2.45. The molecule has 0 aliphatic carbocycles. The van der Waals surface area contributed by atoms with Crippen LogP contribution in [0.3, 0.4) is 0 Å². The average molecular weight is 312 g/mol. The summed E-state index contributed by atoms with van der Waals surface area (Å²) in [6.45, 7) is 5.16. The molecule has 1 aliphatic heterocycles. The molecule has 0 aromatic heterocycles. The van der Waals surface area contributed by atoms with Crippen molar-refractivity contribution in [1.29, 1.82) is 0 Å². The molecule has 2 unspecified atom stereocenters. The third-order valence-electron chi connectivity index (χ3n) is 3.56. The van der Waals surface area contributed by atoms with Crippen LogP contribution in [-0.4, -0.2) is 35.1 Å². The molecule has 0 spiro atoms. The van der Waals surface area contributed by atoms with Crippen molar-refractivity contribution in [3.8, 4) is 0 Å². The maximum absolute atomic E-state index is 12.4. The number of likely N-dealkylation sites (tertiary alicyclic amines) is 1. The lowest BCUT2D eigenvalue weighted by molar-refractivity contribution is 0.0248. The zero-order valence-electron chi connectivity index (χ0n) is 10.7. The number of hydrogen-bond donors (Lipinski definition) is 1. The third kappa shape index (κ3) is 2.75. The van der Waals surface area contributed by atoms with Gasteiger partial charge in [-0.15, -0.1) is 0 Å². The molecular formula is C14H18BrNO2. The van der Waals surface area contributed by atoms with Crippen molar-refractivity contribution in [2.45, 2.75) is 26.4 Å². The molecular weight excluding hydrogens is 294 g/mol. The van der Waals surface area contributed by atoms with Gasteiger partial charge in [0.1, 0.15) is 0 Å². The van der Waals surface area contributed by atoms with E-state index in [2.05, 4.69) is 15.9 Å². The van der Waals surface area contributed by atoms with E-state index in [-0.39, 0.29) is 11.8 Å². The lowest BCUT2D eigenvalue weighted by Gasteiger charge is -2.34. The zero-order valence-corrected chi connectivity index (χ0v) is 12.3. The number of benzene rings is 1. The Kier molecular flexibility index (Phi) is 4.07. The molecule has 1 heterocycles. The zero-order chi connectivity index (χ0) is 13.3. The molecule has 98 valence electrons. The molecule has 0 bridgehead atoms. The first-order chi connectivity index (χ1) is 8.49. The Morgan fingerprint density at radius 2 is 2.22 bits per heavy atom. The quantitative estimate of drug-likeness (QED) is 0.866. The van der Waals surface area contributed by atoms with Gasteiger partial charge in [0.2, 0.25) is 0 Å². The van der Waals surface area contributed by atoms with Crippen LogP contribution in [0.2, 0.25) is 0 Å². The van der Waals surface area contributed by atoms with E-state index in [1.54, 1.807) is 4.90 Å². The largest absolute Gasteiger partial charge is 0.391 e. The number of halogens is 1. The summed E-state index contributed by atoms with van der Waals surface area (Å²) in [6.07, 6.45) is 0.447. The molecule has 1 aromatic carbocycles. The average Bonchev–Trinajstić information content (AvgIpc) is 2.32. The van der Waals surface area contributed by atoms with E-state index in [0.29, 0.717) is 12.1 Å². The lowest BCUT2D eigenvalue weighted by atomic mass is 9.95. The van der Waals surface area contributed by atoms with Gasteiger partial charge >= 0.3 is 0 Å². The molecule has 1 N–H and O–H groups in total. The van der Waals surface area contributed by atoms with Gasteiger partial charge < -0.3 is 10.0 Å². The van der Waals surface area contributed by atoms with E-state index in [1.807, 2.05) is 32.0 Å². The summed E-state index contributed by atoms with van der Waals surface area (Å²) in [6, 6.07) is 5.71. The Hall–Kier alpha value is -0.870. The number of β-amino-alcohol motifs (C(OH)–C–C–N with tert-alkyl or cyclic N) is 1. The highest BCUT2D eigenvalue weighted by atomic mass is 79.9. The van der Waals surface area contributed by atoms with Gasteiger partial charge in [-0.25, -0.2) is 0 Å². The van der Waals surface area contributed by atoms with Crippen molar-refractivity contribution >= 4 is 21.8 Å². The van der Waals surface area contributed by atoms with Crippen molar-refractivity contribution < 1.29 is 9.90 Å². The summed E-state index contributed by atoms with van der Waals surface area (Å²) in [5.74, 6) is 0.267. The minimum Gasteiger partial charge on any atom is -0.391 e. The molecule has 1 aromatic rings. The Morgan fingerprint density at radius 1 is 1.50 bits per heavy atom. The fraction of sp³-hybridized carbons (Fsp3) is 0.500. The van der Waals surface area contributed by atoms with Crippen molar-refractivity contribution in [1.82, 2.24) is 4.90 Å². The van der Waals surface area contributed by atoms with Gasteiger partial charge in [0.25, 0.3) is 5.91 Å². The van der Waals surface area contributed by atoms with Crippen LogP contribution in [0.1, 0.15) is 29.3 Å². The van der Waals surface area contributed by atoms with Crippen molar-refractivity contribution in [2.75, 3.05) is 13.1 Å². The summed E-state index contributed by atoms with van der Waals surface area (Å²) in [4.78, 5) is 14.1. The van der Waals surface area contributed by atoms with Gasteiger partial charge in [0, 0.05) is 17.6 Å². The number of rotatable bonds is 1. The van der Waals surface area contributed by atoms with E-state index in [0.717, 1.165) is 23.0 Å². The smallest absolute Gasteiger partial charge is 0.255 e. The molecule has 1 aliphatic rings. The molecule has 2 atom stereocenters. The molecule has 1 amide bonds. The van der Waals surface area contributed by atoms with Crippen LogP contribution in [-0.2, 0) is 0 Å². The fourth-order valence-electron chi connectivity index (χ4n) is 2.20. The number of aryl methyl sites for hydroxylation is 1. The Bertz CT molecular complexity index is 461. The first-order valence-electron chi connectivity index (χ1n) is 6.22. The highest BCUT2D eigenvalue weighted by Crippen LogP contribution is 2.23. The summed E-state index contributed by atoms with van der Waals surface area (Å²) in [7, 11) is 0. The molecule has 4 heteroatoms. The summed E-state index contributed by atoms with van der Waals surface area (Å²) >= 11 is 3.43. The normalized spacial score (nSPS) is 24.1. The molecule has 0 saturated carbocycles. The molecule has 2 rings (SSSR count). The predicted octanol–water partition coefficient (Wildman–Crippen LogP) is 2.60. The van der Waals surface area contributed by atoms with Gasteiger partial charge in [0.15, 0.2) is 0 Å². The van der Waals surface area contributed by atoms with E-state index in [4.69, 9.17) is 0 Å². The minimum atomic E-state index is -0.410. The molecule has 0 radical (unpaired) electrons. The van der Waals surface area contributed by atoms with E-state index >= 15 is 0 Å². The van der Waals surface area contributed by atoms with E-state index in [9.17, 15) is 9.90 Å². The van der Waals surface area contributed by atoms with Crippen LogP contribution in [0.15, 0.2) is 22.7 Å². The van der Waals surface area contributed by atoms with Gasteiger partial charge in [-0.1, -0.05) is 13.0 Å². The van der Waals surface area contributed by atoms with Crippen molar-refractivity contribution in [3.05, 3.63) is 33.8 Å². The summed E-state index contributed by atoms with van der Waals surface area (Å²) < 4.78 is 0.820. The van der Waals surface area contributed by atoms with Crippen LogP contribution in [0.5, 0.6) is 0 Å². The van der Waals surface area contributed by atoms with Crippen molar-refractivity contribution in [3.63, 3.8) is 0 Å². The molecule has 1 fully saturated rings. The second kappa shape index (κ2) is 5.41. The first kappa shape index (κ1) is 13.6. The topological polar surface area (TPSA) is 40.5 Å². The maximum Gasteiger partial charge on any atom is 0.255 e.